The molecule has 1 aliphatic rings. The molecule has 1 heterocycles. The largest absolute Gasteiger partial charge is 0.388 e. The van der Waals surface area contributed by atoms with Gasteiger partial charge in [0.05, 0.1) is 18.0 Å². The van der Waals surface area contributed by atoms with Gasteiger partial charge >= 0.3 is 0 Å². The SMILES string of the molecule is CNc1cncc(N(C)CC2(O)CCCC2)n1. The highest BCUT2D eigenvalue weighted by Gasteiger charge is 2.32. The van der Waals surface area contributed by atoms with Crippen LogP contribution < -0.4 is 10.2 Å². The molecule has 1 saturated carbocycles. The van der Waals surface area contributed by atoms with Crippen LogP contribution in [-0.2, 0) is 0 Å². The molecular formula is C12H20N4O. The monoisotopic (exact) mass is 236 g/mol. The van der Waals surface area contributed by atoms with E-state index in [0.717, 1.165) is 37.3 Å². The summed E-state index contributed by atoms with van der Waals surface area (Å²) in [5.74, 6) is 1.53. The van der Waals surface area contributed by atoms with Crippen molar-refractivity contribution in [3.05, 3.63) is 12.4 Å². The molecule has 1 aromatic heterocycles. The van der Waals surface area contributed by atoms with E-state index in [-0.39, 0.29) is 0 Å². The van der Waals surface area contributed by atoms with Gasteiger partial charge in [0.2, 0.25) is 0 Å². The summed E-state index contributed by atoms with van der Waals surface area (Å²) in [6.45, 7) is 0.620. The first-order chi connectivity index (χ1) is 8.13. The average molecular weight is 236 g/mol. The van der Waals surface area contributed by atoms with Crippen LogP contribution >= 0.6 is 0 Å². The van der Waals surface area contributed by atoms with Crippen LogP contribution in [0.1, 0.15) is 25.7 Å². The molecule has 1 aromatic rings. The van der Waals surface area contributed by atoms with Crippen molar-refractivity contribution in [1.82, 2.24) is 9.97 Å². The second-order valence-corrected chi connectivity index (χ2v) is 4.80. The standard InChI is InChI=1S/C12H20N4O/c1-13-10-7-14-8-11(15-10)16(2)9-12(17)5-3-4-6-12/h7-8,17H,3-6,9H2,1-2H3,(H,13,15). The second-order valence-electron chi connectivity index (χ2n) is 4.80. The molecule has 2 N–H and O–H groups in total. The first-order valence-corrected chi connectivity index (χ1v) is 6.06. The number of likely N-dealkylation sites (N-methyl/N-ethyl adjacent to an activating group) is 1. The molecule has 94 valence electrons. The number of rotatable bonds is 4. The molecule has 0 aromatic carbocycles. The fraction of sp³-hybridized carbons (Fsp3) is 0.667. The zero-order chi connectivity index (χ0) is 12.3. The Kier molecular flexibility index (Phi) is 3.47. The summed E-state index contributed by atoms with van der Waals surface area (Å²) in [5.41, 5.74) is -0.550. The molecule has 0 atom stereocenters. The molecule has 0 bridgehead atoms. The van der Waals surface area contributed by atoms with Crippen LogP contribution in [0, 0.1) is 0 Å². The number of anilines is 2. The van der Waals surface area contributed by atoms with Gasteiger partial charge in [-0.25, -0.2) is 4.98 Å². The lowest BCUT2D eigenvalue weighted by Gasteiger charge is -2.29. The van der Waals surface area contributed by atoms with Crippen LogP contribution in [-0.4, -0.2) is 41.3 Å². The smallest absolute Gasteiger partial charge is 0.149 e. The Morgan fingerprint density at radius 1 is 1.41 bits per heavy atom. The molecule has 0 saturated heterocycles. The summed E-state index contributed by atoms with van der Waals surface area (Å²) >= 11 is 0. The maximum absolute atomic E-state index is 10.3. The van der Waals surface area contributed by atoms with Crippen LogP contribution in [0.15, 0.2) is 12.4 Å². The molecule has 0 aliphatic heterocycles. The summed E-state index contributed by atoms with van der Waals surface area (Å²) in [5, 5.41) is 13.3. The predicted octanol–water partition coefficient (Wildman–Crippen LogP) is 1.26. The highest BCUT2D eigenvalue weighted by atomic mass is 16.3. The van der Waals surface area contributed by atoms with E-state index in [4.69, 9.17) is 0 Å². The quantitative estimate of drug-likeness (QED) is 0.824. The molecule has 0 amide bonds. The van der Waals surface area contributed by atoms with Crippen LogP contribution in [0.3, 0.4) is 0 Å². The van der Waals surface area contributed by atoms with Crippen molar-refractivity contribution in [3.8, 4) is 0 Å². The van der Waals surface area contributed by atoms with E-state index in [0.29, 0.717) is 6.54 Å². The lowest BCUT2D eigenvalue weighted by molar-refractivity contribution is 0.0558. The number of nitrogens with zero attached hydrogens (tertiary/aromatic N) is 3. The Bertz CT molecular complexity index is 377. The van der Waals surface area contributed by atoms with Crippen molar-refractivity contribution in [2.45, 2.75) is 31.3 Å². The van der Waals surface area contributed by atoms with Gasteiger partial charge in [-0.3, -0.25) is 4.98 Å². The fourth-order valence-corrected chi connectivity index (χ4v) is 2.37. The molecule has 0 radical (unpaired) electrons. The van der Waals surface area contributed by atoms with Crippen molar-refractivity contribution in [3.63, 3.8) is 0 Å². The van der Waals surface area contributed by atoms with E-state index in [1.807, 2.05) is 19.0 Å². The van der Waals surface area contributed by atoms with Gasteiger partial charge in [-0.15, -0.1) is 0 Å². The van der Waals surface area contributed by atoms with E-state index >= 15 is 0 Å². The van der Waals surface area contributed by atoms with E-state index in [1.165, 1.54) is 0 Å². The van der Waals surface area contributed by atoms with Gasteiger partial charge in [0.25, 0.3) is 0 Å². The van der Waals surface area contributed by atoms with Gasteiger partial charge in [0.1, 0.15) is 11.6 Å². The number of hydrogen-bond acceptors (Lipinski definition) is 5. The Hall–Kier alpha value is -1.36. The Morgan fingerprint density at radius 2 is 2.12 bits per heavy atom. The highest BCUT2D eigenvalue weighted by Crippen LogP contribution is 2.30. The van der Waals surface area contributed by atoms with E-state index in [9.17, 15) is 5.11 Å². The van der Waals surface area contributed by atoms with Gasteiger partial charge in [-0.05, 0) is 12.8 Å². The lowest BCUT2D eigenvalue weighted by atomic mass is 10.0. The Balaban J connectivity index is 2.05. The van der Waals surface area contributed by atoms with Crippen molar-refractivity contribution < 1.29 is 5.11 Å². The number of aromatic nitrogens is 2. The van der Waals surface area contributed by atoms with Crippen LogP contribution in [0.5, 0.6) is 0 Å². The molecule has 5 heteroatoms. The van der Waals surface area contributed by atoms with Crippen molar-refractivity contribution in [1.29, 1.82) is 0 Å². The third-order valence-corrected chi connectivity index (χ3v) is 3.33. The van der Waals surface area contributed by atoms with Crippen molar-refractivity contribution in [2.75, 3.05) is 30.9 Å². The van der Waals surface area contributed by atoms with Gasteiger partial charge in [0.15, 0.2) is 0 Å². The van der Waals surface area contributed by atoms with Crippen molar-refractivity contribution >= 4 is 11.6 Å². The number of hydrogen-bond donors (Lipinski definition) is 2. The first kappa shape index (κ1) is 12.1. The molecule has 1 fully saturated rings. The molecule has 2 rings (SSSR count). The summed E-state index contributed by atoms with van der Waals surface area (Å²) in [4.78, 5) is 10.5. The molecule has 5 nitrogen and oxygen atoms in total. The maximum atomic E-state index is 10.3. The molecular weight excluding hydrogens is 216 g/mol. The normalized spacial score (nSPS) is 18.1. The minimum absolute atomic E-state index is 0.550. The average Bonchev–Trinajstić information content (AvgIpc) is 2.76. The summed E-state index contributed by atoms with van der Waals surface area (Å²) in [6.07, 6.45) is 7.41. The highest BCUT2D eigenvalue weighted by molar-refractivity contribution is 5.43. The zero-order valence-corrected chi connectivity index (χ0v) is 10.5. The van der Waals surface area contributed by atoms with Gasteiger partial charge < -0.3 is 15.3 Å². The van der Waals surface area contributed by atoms with E-state index < -0.39 is 5.60 Å². The molecule has 0 spiro atoms. The maximum Gasteiger partial charge on any atom is 0.149 e. The van der Waals surface area contributed by atoms with E-state index in [1.54, 1.807) is 12.4 Å². The molecule has 1 aliphatic carbocycles. The third-order valence-electron chi connectivity index (χ3n) is 3.33. The summed E-state index contributed by atoms with van der Waals surface area (Å²) in [7, 11) is 3.76. The molecule has 17 heavy (non-hydrogen) atoms. The minimum Gasteiger partial charge on any atom is -0.388 e. The topological polar surface area (TPSA) is 61.3 Å². The number of aliphatic hydroxyl groups is 1. The van der Waals surface area contributed by atoms with Gasteiger partial charge in [-0.2, -0.15) is 0 Å². The minimum atomic E-state index is -0.550. The fourth-order valence-electron chi connectivity index (χ4n) is 2.37. The zero-order valence-electron chi connectivity index (χ0n) is 10.5. The van der Waals surface area contributed by atoms with E-state index in [2.05, 4.69) is 15.3 Å². The van der Waals surface area contributed by atoms with Crippen LogP contribution in [0.4, 0.5) is 11.6 Å². The predicted molar refractivity (Wildman–Crippen MR) is 68.3 cm³/mol. The summed E-state index contributed by atoms with van der Waals surface area (Å²) < 4.78 is 0. The van der Waals surface area contributed by atoms with Crippen LogP contribution in [0.2, 0.25) is 0 Å². The third kappa shape index (κ3) is 2.85. The first-order valence-electron chi connectivity index (χ1n) is 6.06. The summed E-state index contributed by atoms with van der Waals surface area (Å²) in [6, 6.07) is 0. The number of nitrogens with one attached hydrogen (secondary N) is 1. The molecule has 0 unspecified atom stereocenters. The van der Waals surface area contributed by atoms with Gasteiger partial charge in [0, 0.05) is 20.6 Å². The lowest BCUT2D eigenvalue weighted by Crippen LogP contribution is -2.39. The Morgan fingerprint density at radius 3 is 2.76 bits per heavy atom. The van der Waals surface area contributed by atoms with Crippen LogP contribution in [0.25, 0.3) is 0 Å². The van der Waals surface area contributed by atoms with Crippen molar-refractivity contribution in [2.24, 2.45) is 0 Å². The second kappa shape index (κ2) is 4.87. The van der Waals surface area contributed by atoms with Gasteiger partial charge in [-0.1, -0.05) is 12.8 Å². The Labute approximate surface area is 102 Å².